The predicted molar refractivity (Wildman–Crippen MR) is 108 cm³/mol. The molecule has 1 N–H and O–H groups in total. The maximum absolute atomic E-state index is 12.8. The Morgan fingerprint density at radius 2 is 2.11 bits per heavy atom. The number of hydrogen-bond acceptors (Lipinski definition) is 5. The number of aromatic nitrogens is 1. The number of hydrogen-bond donors (Lipinski definition) is 1. The Kier molecular flexibility index (Phi) is 4.77. The molecule has 4 rings (SSSR count). The van der Waals surface area contributed by atoms with Crippen LogP contribution in [0.4, 0.5) is 5.69 Å². The number of carbonyl (C=O) groups excluding carboxylic acids is 1. The monoisotopic (exact) mass is 378 g/mol. The molecule has 1 aromatic heterocycles. The van der Waals surface area contributed by atoms with Crippen molar-refractivity contribution in [1.29, 1.82) is 0 Å². The van der Waals surface area contributed by atoms with Crippen LogP contribution < -0.4 is 19.5 Å². The molecular formula is C22H22N2O4. The Balaban J connectivity index is 1.63. The normalized spacial score (nSPS) is 15.0. The minimum atomic E-state index is -0.301. The van der Waals surface area contributed by atoms with Crippen LogP contribution in [0.15, 0.2) is 42.5 Å². The molecule has 1 aliphatic heterocycles. The van der Waals surface area contributed by atoms with Crippen LogP contribution in [0.1, 0.15) is 29.9 Å². The van der Waals surface area contributed by atoms with Crippen LogP contribution in [0.2, 0.25) is 0 Å². The lowest BCUT2D eigenvalue weighted by atomic mass is 10.1. The van der Waals surface area contributed by atoms with Crippen molar-refractivity contribution < 1.29 is 19.0 Å². The molecule has 1 atom stereocenters. The van der Waals surface area contributed by atoms with Crippen molar-refractivity contribution in [2.75, 3.05) is 19.0 Å². The number of carbonyl (C=O) groups is 1. The molecule has 0 saturated heterocycles. The van der Waals surface area contributed by atoms with Gasteiger partial charge in [0.15, 0.2) is 0 Å². The third kappa shape index (κ3) is 3.45. The molecule has 2 heterocycles. The number of nitrogens with one attached hydrogen (secondary N) is 1. The van der Waals surface area contributed by atoms with Gasteiger partial charge >= 0.3 is 0 Å². The fraction of sp³-hybridized carbons (Fsp3) is 0.273. The van der Waals surface area contributed by atoms with E-state index in [4.69, 9.17) is 14.2 Å². The van der Waals surface area contributed by atoms with Crippen LogP contribution in [0.5, 0.6) is 17.2 Å². The number of anilines is 1. The van der Waals surface area contributed by atoms with E-state index in [9.17, 15) is 4.79 Å². The van der Waals surface area contributed by atoms with Crippen molar-refractivity contribution in [3.8, 4) is 17.2 Å². The van der Waals surface area contributed by atoms with Gasteiger partial charge in [-0.05, 0) is 44.2 Å². The van der Waals surface area contributed by atoms with Crippen molar-refractivity contribution >= 4 is 22.5 Å². The molecule has 0 saturated carbocycles. The van der Waals surface area contributed by atoms with E-state index >= 15 is 0 Å². The van der Waals surface area contributed by atoms with Crippen LogP contribution in [-0.2, 0) is 6.42 Å². The first kappa shape index (κ1) is 18.1. The highest BCUT2D eigenvalue weighted by molar-refractivity contribution is 6.05. The fourth-order valence-electron chi connectivity index (χ4n) is 3.36. The minimum Gasteiger partial charge on any atom is -0.497 e. The molecule has 6 heteroatoms. The average molecular weight is 378 g/mol. The Hall–Kier alpha value is -3.28. The number of nitrogens with zero attached hydrogens (tertiary/aromatic N) is 1. The van der Waals surface area contributed by atoms with Crippen molar-refractivity contribution in [3.05, 3.63) is 53.7 Å². The smallest absolute Gasteiger partial charge is 0.274 e. The molecule has 6 nitrogen and oxygen atoms in total. The Morgan fingerprint density at radius 3 is 2.89 bits per heavy atom. The summed E-state index contributed by atoms with van der Waals surface area (Å²) in [6, 6.07) is 12.9. The summed E-state index contributed by atoms with van der Waals surface area (Å²) in [5.74, 6) is 1.87. The Bertz CT molecular complexity index is 1050. The first-order valence-electron chi connectivity index (χ1n) is 9.30. The van der Waals surface area contributed by atoms with Crippen LogP contribution in [-0.4, -0.2) is 30.7 Å². The zero-order valence-corrected chi connectivity index (χ0v) is 16.1. The van der Waals surface area contributed by atoms with E-state index in [0.29, 0.717) is 23.7 Å². The SMILES string of the molecule is CCOc1cc2c(cc1NC(=O)c1ccc3cc(OC)ccc3n1)OC(C)C2. The summed E-state index contributed by atoms with van der Waals surface area (Å²) < 4.78 is 16.8. The van der Waals surface area contributed by atoms with Crippen LogP contribution in [0.25, 0.3) is 10.9 Å². The van der Waals surface area contributed by atoms with Crippen molar-refractivity contribution in [2.45, 2.75) is 26.4 Å². The lowest BCUT2D eigenvalue weighted by molar-refractivity contribution is 0.102. The fourth-order valence-corrected chi connectivity index (χ4v) is 3.36. The molecule has 28 heavy (non-hydrogen) atoms. The highest BCUT2D eigenvalue weighted by atomic mass is 16.5. The molecule has 3 aromatic rings. The molecule has 0 fully saturated rings. The summed E-state index contributed by atoms with van der Waals surface area (Å²) in [6.07, 6.45) is 0.953. The third-order valence-corrected chi connectivity index (χ3v) is 4.68. The van der Waals surface area contributed by atoms with Gasteiger partial charge in [-0.25, -0.2) is 4.98 Å². The van der Waals surface area contributed by atoms with E-state index in [1.165, 1.54) is 0 Å². The zero-order valence-electron chi connectivity index (χ0n) is 16.1. The first-order chi connectivity index (χ1) is 13.6. The number of rotatable bonds is 5. The van der Waals surface area contributed by atoms with E-state index in [2.05, 4.69) is 10.3 Å². The molecule has 2 aromatic carbocycles. The van der Waals surface area contributed by atoms with Crippen LogP contribution in [0, 0.1) is 0 Å². The van der Waals surface area contributed by atoms with Crippen molar-refractivity contribution in [3.63, 3.8) is 0 Å². The maximum atomic E-state index is 12.8. The third-order valence-electron chi connectivity index (χ3n) is 4.68. The van der Waals surface area contributed by atoms with Gasteiger partial charge in [0.25, 0.3) is 5.91 Å². The number of amides is 1. The lowest BCUT2D eigenvalue weighted by Crippen LogP contribution is -2.14. The number of pyridine rings is 1. The van der Waals surface area contributed by atoms with Gasteiger partial charge in [0.1, 0.15) is 29.0 Å². The Labute approximate surface area is 163 Å². The quantitative estimate of drug-likeness (QED) is 0.720. The maximum Gasteiger partial charge on any atom is 0.274 e. The standard InChI is InChI=1S/C22H22N2O4/c1-4-27-21-11-15-9-13(2)28-20(15)12-19(21)24-22(25)18-7-5-14-10-16(26-3)6-8-17(14)23-18/h5-8,10-13H,4,9H2,1-3H3,(H,24,25). The number of ether oxygens (including phenoxy) is 3. The van der Waals surface area contributed by atoms with Gasteiger partial charge in [-0.15, -0.1) is 0 Å². The van der Waals surface area contributed by atoms with Gasteiger partial charge in [-0.1, -0.05) is 6.07 Å². The lowest BCUT2D eigenvalue weighted by Gasteiger charge is -2.13. The summed E-state index contributed by atoms with van der Waals surface area (Å²) in [5, 5.41) is 3.82. The van der Waals surface area contributed by atoms with Gasteiger partial charge < -0.3 is 19.5 Å². The second kappa shape index (κ2) is 7.38. The zero-order chi connectivity index (χ0) is 19.7. The van der Waals surface area contributed by atoms with E-state index in [0.717, 1.165) is 34.4 Å². The van der Waals surface area contributed by atoms with Crippen LogP contribution in [0.3, 0.4) is 0 Å². The molecule has 0 bridgehead atoms. The number of benzene rings is 2. The molecule has 1 amide bonds. The summed E-state index contributed by atoms with van der Waals surface area (Å²) in [7, 11) is 1.62. The van der Waals surface area contributed by atoms with Gasteiger partial charge in [-0.3, -0.25) is 4.79 Å². The summed E-state index contributed by atoms with van der Waals surface area (Å²) in [5.41, 5.74) is 2.72. The van der Waals surface area contributed by atoms with Gasteiger partial charge in [0.05, 0.1) is 24.9 Å². The van der Waals surface area contributed by atoms with E-state index < -0.39 is 0 Å². The summed E-state index contributed by atoms with van der Waals surface area (Å²) in [4.78, 5) is 17.3. The van der Waals surface area contributed by atoms with E-state index in [1.54, 1.807) is 13.2 Å². The molecule has 1 aliphatic rings. The molecular weight excluding hydrogens is 356 g/mol. The second-order valence-electron chi connectivity index (χ2n) is 6.73. The summed E-state index contributed by atoms with van der Waals surface area (Å²) in [6.45, 7) is 4.44. The number of methoxy groups -OCH3 is 1. The summed E-state index contributed by atoms with van der Waals surface area (Å²) >= 11 is 0. The largest absolute Gasteiger partial charge is 0.497 e. The second-order valence-corrected chi connectivity index (χ2v) is 6.73. The molecule has 0 radical (unpaired) electrons. The van der Waals surface area contributed by atoms with E-state index in [1.807, 2.05) is 50.2 Å². The van der Waals surface area contributed by atoms with E-state index in [-0.39, 0.29) is 12.0 Å². The van der Waals surface area contributed by atoms with Gasteiger partial charge in [-0.2, -0.15) is 0 Å². The minimum absolute atomic E-state index is 0.120. The number of fused-ring (bicyclic) bond motifs is 2. The Morgan fingerprint density at radius 1 is 1.25 bits per heavy atom. The van der Waals surface area contributed by atoms with Crippen molar-refractivity contribution in [2.24, 2.45) is 0 Å². The molecule has 144 valence electrons. The predicted octanol–water partition coefficient (Wildman–Crippen LogP) is 4.22. The molecule has 0 spiro atoms. The highest BCUT2D eigenvalue weighted by Gasteiger charge is 2.23. The first-order valence-corrected chi connectivity index (χ1v) is 9.30. The van der Waals surface area contributed by atoms with Gasteiger partial charge in [0.2, 0.25) is 0 Å². The average Bonchev–Trinajstić information content (AvgIpc) is 3.06. The van der Waals surface area contributed by atoms with Gasteiger partial charge in [0, 0.05) is 23.4 Å². The van der Waals surface area contributed by atoms with Crippen LogP contribution >= 0.6 is 0 Å². The van der Waals surface area contributed by atoms with Crippen molar-refractivity contribution in [1.82, 2.24) is 4.98 Å². The topological polar surface area (TPSA) is 69.7 Å². The molecule has 0 aliphatic carbocycles. The highest BCUT2D eigenvalue weighted by Crippen LogP contribution is 2.38. The molecule has 1 unspecified atom stereocenters.